The number of hydrogen-bond acceptors (Lipinski definition) is 1. The molecule has 0 aliphatic heterocycles. The molecule has 2 aromatic carbocycles. The molecule has 0 aromatic heterocycles. The smallest absolute Gasteiger partial charge is 0.0449 e. The third-order valence-corrected chi connectivity index (χ3v) is 6.36. The van der Waals surface area contributed by atoms with Crippen LogP contribution in [0.25, 0.3) is 0 Å². The molecule has 0 radical (unpaired) electrons. The summed E-state index contributed by atoms with van der Waals surface area (Å²) in [6, 6.07) is 11.5. The Morgan fingerprint density at radius 2 is 1.36 bits per heavy atom. The van der Waals surface area contributed by atoms with Crippen LogP contribution in [0.2, 0.25) is 0 Å². The van der Waals surface area contributed by atoms with Gasteiger partial charge < -0.3 is 4.90 Å². The first-order chi connectivity index (χ1) is 11.5. The highest BCUT2D eigenvalue weighted by atomic mass is 15.1. The Hall–Kier alpha value is -1.76. The van der Waals surface area contributed by atoms with Crippen molar-refractivity contribution in [1.82, 2.24) is 0 Å². The molecule has 0 atom stereocenters. The molecule has 0 unspecified atom stereocenters. The molecule has 1 nitrogen and oxygen atoms in total. The highest BCUT2D eigenvalue weighted by Gasteiger charge is 2.39. The van der Waals surface area contributed by atoms with Crippen molar-refractivity contribution in [3.05, 3.63) is 58.1 Å². The first-order valence-electron chi connectivity index (χ1n) is 9.50. The monoisotopic (exact) mass is 335 g/mol. The number of rotatable bonds is 2. The van der Waals surface area contributed by atoms with E-state index in [4.69, 9.17) is 0 Å². The predicted molar refractivity (Wildman–Crippen MR) is 110 cm³/mol. The molecule has 0 amide bonds. The van der Waals surface area contributed by atoms with Crippen molar-refractivity contribution in [1.29, 1.82) is 0 Å². The first kappa shape index (κ1) is 18.0. The van der Waals surface area contributed by atoms with Crippen LogP contribution in [-0.4, -0.2) is 7.05 Å². The summed E-state index contributed by atoms with van der Waals surface area (Å²) in [7, 11) is 2.23. The van der Waals surface area contributed by atoms with E-state index in [0.717, 1.165) is 0 Å². The number of hydrogen-bond donors (Lipinski definition) is 0. The van der Waals surface area contributed by atoms with E-state index >= 15 is 0 Å². The van der Waals surface area contributed by atoms with Crippen LogP contribution in [0.3, 0.4) is 0 Å². The van der Waals surface area contributed by atoms with Gasteiger partial charge in [-0.1, -0.05) is 45.9 Å². The lowest BCUT2D eigenvalue weighted by Crippen LogP contribution is -2.35. The third kappa shape index (κ3) is 2.99. The van der Waals surface area contributed by atoms with E-state index in [2.05, 4.69) is 90.7 Å². The summed E-state index contributed by atoms with van der Waals surface area (Å²) < 4.78 is 0. The summed E-state index contributed by atoms with van der Waals surface area (Å²) in [4.78, 5) is 2.41. The predicted octanol–water partition coefficient (Wildman–Crippen LogP) is 6.73. The Bertz CT molecular complexity index is 811. The molecular formula is C24H33N. The van der Waals surface area contributed by atoms with Crippen molar-refractivity contribution >= 4 is 11.4 Å². The second-order valence-corrected chi connectivity index (χ2v) is 9.25. The summed E-state index contributed by atoms with van der Waals surface area (Å²) in [5, 5.41) is 0. The van der Waals surface area contributed by atoms with Crippen molar-refractivity contribution in [3.8, 4) is 0 Å². The van der Waals surface area contributed by atoms with Crippen LogP contribution < -0.4 is 4.90 Å². The zero-order valence-electron chi connectivity index (χ0n) is 17.2. The van der Waals surface area contributed by atoms with Crippen molar-refractivity contribution in [2.75, 3.05) is 11.9 Å². The molecule has 25 heavy (non-hydrogen) atoms. The SMILES string of the molecule is Cc1cc(C)c(N(C)c2cccc3c2C(C)(C)CCC3(C)C)cc1C. The van der Waals surface area contributed by atoms with Gasteiger partial charge >= 0.3 is 0 Å². The molecule has 0 N–H and O–H groups in total. The quantitative estimate of drug-likeness (QED) is 0.588. The fraction of sp³-hybridized carbons (Fsp3) is 0.500. The standard InChI is InChI=1S/C24H33N/c1-16-14-18(3)21(15-17(16)2)25(8)20-11-9-10-19-22(20)24(6,7)13-12-23(19,4)5/h9-11,14-15H,12-13H2,1-8H3. The van der Waals surface area contributed by atoms with Gasteiger partial charge in [-0.15, -0.1) is 0 Å². The Morgan fingerprint density at radius 3 is 2.04 bits per heavy atom. The van der Waals surface area contributed by atoms with Gasteiger partial charge in [0, 0.05) is 18.4 Å². The number of anilines is 2. The van der Waals surface area contributed by atoms with Gasteiger partial charge in [-0.25, -0.2) is 0 Å². The second kappa shape index (κ2) is 5.90. The molecule has 0 spiro atoms. The Kier molecular flexibility index (Phi) is 4.26. The van der Waals surface area contributed by atoms with Gasteiger partial charge in [0.05, 0.1) is 0 Å². The van der Waals surface area contributed by atoms with Crippen LogP contribution in [0.4, 0.5) is 11.4 Å². The van der Waals surface area contributed by atoms with Crippen LogP contribution in [0.5, 0.6) is 0 Å². The molecule has 3 rings (SSSR count). The van der Waals surface area contributed by atoms with Crippen molar-refractivity contribution in [2.24, 2.45) is 0 Å². The molecule has 1 heteroatoms. The molecular weight excluding hydrogens is 302 g/mol. The van der Waals surface area contributed by atoms with E-state index in [1.54, 1.807) is 0 Å². The largest absolute Gasteiger partial charge is 0.344 e. The number of nitrogens with zero attached hydrogens (tertiary/aromatic N) is 1. The fourth-order valence-electron chi connectivity index (χ4n) is 4.42. The Labute approximate surface area is 154 Å². The molecule has 0 heterocycles. The summed E-state index contributed by atoms with van der Waals surface area (Å²) in [6.45, 7) is 16.2. The van der Waals surface area contributed by atoms with E-state index < -0.39 is 0 Å². The lowest BCUT2D eigenvalue weighted by Gasteiger charge is -2.44. The van der Waals surface area contributed by atoms with Crippen molar-refractivity contribution in [2.45, 2.75) is 72.1 Å². The molecule has 1 aliphatic rings. The maximum atomic E-state index is 2.41. The molecule has 0 fully saturated rings. The van der Waals surface area contributed by atoms with E-state index in [9.17, 15) is 0 Å². The lowest BCUT2D eigenvalue weighted by molar-refractivity contribution is 0.332. The van der Waals surface area contributed by atoms with Gasteiger partial charge in [0.25, 0.3) is 0 Å². The van der Waals surface area contributed by atoms with Crippen LogP contribution in [0.15, 0.2) is 30.3 Å². The van der Waals surface area contributed by atoms with E-state index in [-0.39, 0.29) is 10.8 Å². The van der Waals surface area contributed by atoms with Crippen LogP contribution in [0, 0.1) is 20.8 Å². The first-order valence-corrected chi connectivity index (χ1v) is 9.50. The molecule has 2 aromatic rings. The molecule has 1 aliphatic carbocycles. The topological polar surface area (TPSA) is 3.24 Å². The highest BCUT2D eigenvalue weighted by molar-refractivity contribution is 5.72. The van der Waals surface area contributed by atoms with Gasteiger partial charge in [-0.05, 0) is 84.4 Å². The van der Waals surface area contributed by atoms with E-state index in [1.165, 1.54) is 52.0 Å². The van der Waals surface area contributed by atoms with Crippen molar-refractivity contribution in [3.63, 3.8) is 0 Å². The van der Waals surface area contributed by atoms with Gasteiger partial charge in [0.1, 0.15) is 0 Å². The Morgan fingerprint density at radius 1 is 0.760 bits per heavy atom. The summed E-state index contributed by atoms with van der Waals surface area (Å²) >= 11 is 0. The van der Waals surface area contributed by atoms with Crippen LogP contribution in [-0.2, 0) is 10.8 Å². The minimum Gasteiger partial charge on any atom is -0.344 e. The number of aryl methyl sites for hydroxylation is 3. The van der Waals surface area contributed by atoms with Gasteiger partial charge in [0.15, 0.2) is 0 Å². The molecule has 0 saturated carbocycles. The summed E-state index contributed by atoms with van der Waals surface area (Å²) in [6.07, 6.45) is 2.49. The summed E-state index contributed by atoms with van der Waals surface area (Å²) in [5.41, 5.74) is 10.3. The average molecular weight is 336 g/mol. The lowest BCUT2D eigenvalue weighted by atomic mass is 9.62. The van der Waals surface area contributed by atoms with E-state index in [1.807, 2.05) is 0 Å². The fourth-order valence-corrected chi connectivity index (χ4v) is 4.42. The summed E-state index contributed by atoms with van der Waals surface area (Å²) in [5.74, 6) is 0. The molecule has 134 valence electrons. The van der Waals surface area contributed by atoms with Gasteiger partial charge in [0.2, 0.25) is 0 Å². The number of fused-ring (bicyclic) bond motifs is 1. The maximum Gasteiger partial charge on any atom is 0.0449 e. The van der Waals surface area contributed by atoms with Gasteiger partial charge in [-0.3, -0.25) is 0 Å². The zero-order valence-corrected chi connectivity index (χ0v) is 17.2. The van der Waals surface area contributed by atoms with Crippen molar-refractivity contribution < 1.29 is 0 Å². The Balaban J connectivity index is 2.21. The highest BCUT2D eigenvalue weighted by Crippen LogP contribution is 2.50. The second-order valence-electron chi connectivity index (χ2n) is 9.25. The average Bonchev–Trinajstić information content (AvgIpc) is 2.54. The minimum atomic E-state index is 0.212. The minimum absolute atomic E-state index is 0.212. The van der Waals surface area contributed by atoms with Crippen LogP contribution >= 0.6 is 0 Å². The third-order valence-electron chi connectivity index (χ3n) is 6.36. The van der Waals surface area contributed by atoms with Crippen LogP contribution in [0.1, 0.15) is 68.4 Å². The van der Waals surface area contributed by atoms with E-state index in [0.29, 0.717) is 0 Å². The van der Waals surface area contributed by atoms with Gasteiger partial charge in [-0.2, -0.15) is 0 Å². The maximum absolute atomic E-state index is 2.41. The normalized spacial score (nSPS) is 17.9. The number of benzene rings is 2. The molecule has 0 saturated heterocycles. The molecule has 0 bridgehead atoms. The zero-order chi connectivity index (χ0) is 18.6.